The standard InChI is InChI=1S/2CH3.2Mo.S2/c;;;;1-2/h2*1H3;;;/q;;2*+1;-2. The Morgan fingerprint density at radius 1 is 1.00 bits per heavy atom. The van der Waals surface area contributed by atoms with E-state index < -0.39 is 0 Å². The van der Waals surface area contributed by atoms with E-state index >= 15 is 0 Å². The molecule has 0 aliphatic heterocycles. The third-order valence-electron chi connectivity index (χ3n) is 0.164. The van der Waals surface area contributed by atoms with Crippen LogP contribution in [0.5, 0.6) is 0 Å². The molecule has 6 heavy (non-hydrogen) atoms. The van der Waals surface area contributed by atoms with E-state index in [0.29, 0.717) is 34.6 Å². The third kappa shape index (κ3) is 6.08. The molecule has 0 nitrogen and oxygen atoms in total. The summed E-state index contributed by atoms with van der Waals surface area (Å²) in [5, 5.41) is 4.65. The monoisotopic (exact) mass is 290 g/mol. The summed E-state index contributed by atoms with van der Waals surface area (Å²) in [5.41, 5.74) is 0. The SMILES string of the molecule is [CH3][Mo][S][S][Mo][CH3]. The molecule has 0 aliphatic rings. The molecule has 0 saturated carbocycles. The van der Waals surface area contributed by atoms with Gasteiger partial charge < -0.3 is 0 Å². The van der Waals surface area contributed by atoms with E-state index in [0.717, 1.165) is 0 Å². The Morgan fingerprint density at radius 3 is 1.50 bits per heavy atom. The van der Waals surface area contributed by atoms with Gasteiger partial charge in [-0.05, 0) is 0 Å². The van der Waals surface area contributed by atoms with Crippen molar-refractivity contribution < 1.29 is 34.6 Å². The van der Waals surface area contributed by atoms with Gasteiger partial charge in [0.15, 0.2) is 0 Å². The molecule has 4 heteroatoms. The topological polar surface area (TPSA) is 0 Å². The molecule has 0 unspecified atom stereocenters. The first-order valence-electron chi connectivity index (χ1n) is 1.32. The summed E-state index contributed by atoms with van der Waals surface area (Å²) in [7, 11) is 4.23. The molecule has 0 spiro atoms. The summed E-state index contributed by atoms with van der Waals surface area (Å²) in [5.74, 6) is 0. The molecule has 0 radical (unpaired) electrons. The zero-order valence-electron chi connectivity index (χ0n) is 3.63. The van der Waals surface area contributed by atoms with Crippen LogP contribution >= 0.6 is 17.0 Å². The fourth-order valence-corrected chi connectivity index (χ4v) is 17.5. The molecule has 0 heterocycles. The Labute approximate surface area is 61.5 Å². The van der Waals surface area contributed by atoms with E-state index in [1.807, 2.05) is 0 Å². The van der Waals surface area contributed by atoms with Gasteiger partial charge in [-0.25, -0.2) is 0 Å². The van der Waals surface area contributed by atoms with Crippen molar-refractivity contribution in [3.8, 4) is 0 Å². The first-order valence-corrected chi connectivity index (χ1v) is 12.2. The van der Waals surface area contributed by atoms with Crippen LogP contribution in [0.3, 0.4) is 0 Å². The Bertz CT molecular complexity index is 21.5. The Kier molecular flexibility index (Phi) is 9.53. The zero-order valence-corrected chi connectivity index (χ0v) is 9.28. The molecular formula is C2H6Mo2S2. The first-order chi connectivity index (χ1) is 2.91. The molecule has 0 bridgehead atoms. The molecule has 0 aromatic carbocycles. The molecule has 38 valence electrons. The number of hydrogen-bond donors (Lipinski definition) is 0. The van der Waals surface area contributed by atoms with E-state index in [1.165, 1.54) is 0 Å². The minimum absolute atomic E-state index is 0.376. The molecule has 0 saturated heterocycles. The summed E-state index contributed by atoms with van der Waals surface area (Å²) >= 11 is 0.752. The maximum atomic E-state index is 2.32. The van der Waals surface area contributed by atoms with Crippen molar-refractivity contribution in [3.63, 3.8) is 0 Å². The summed E-state index contributed by atoms with van der Waals surface area (Å²) < 4.78 is 0. The summed E-state index contributed by atoms with van der Waals surface area (Å²) in [6, 6.07) is 0. The van der Waals surface area contributed by atoms with Gasteiger partial charge in [0.2, 0.25) is 0 Å². The van der Waals surface area contributed by atoms with Gasteiger partial charge in [0.1, 0.15) is 0 Å². The van der Waals surface area contributed by atoms with Gasteiger partial charge in [-0.15, -0.1) is 0 Å². The molecule has 0 aliphatic carbocycles. The van der Waals surface area contributed by atoms with Crippen molar-refractivity contribution in [1.29, 1.82) is 0 Å². The Morgan fingerprint density at radius 2 is 1.33 bits per heavy atom. The molecule has 0 N–H and O–H groups in total. The average Bonchev–Trinajstić information content (AvgIpc) is 1.61. The number of rotatable bonds is 3. The number of hydrogen-bond acceptors (Lipinski definition) is 2. The fraction of sp³-hybridized carbons (Fsp3) is 1.00. The van der Waals surface area contributed by atoms with Crippen LogP contribution < -0.4 is 0 Å². The van der Waals surface area contributed by atoms with Crippen LogP contribution in [0.25, 0.3) is 0 Å². The van der Waals surface area contributed by atoms with Crippen molar-refractivity contribution in [1.82, 2.24) is 0 Å². The van der Waals surface area contributed by atoms with Gasteiger partial charge in [-0.2, -0.15) is 0 Å². The van der Waals surface area contributed by atoms with Crippen LogP contribution in [-0.4, -0.2) is 0 Å². The van der Waals surface area contributed by atoms with E-state index in [1.54, 1.807) is 0 Å². The van der Waals surface area contributed by atoms with Crippen molar-refractivity contribution >= 4 is 17.0 Å². The normalized spacial score (nSPS) is 9.00. The first kappa shape index (κ1) is 8.08. The Balaban J connectivity index is 2.34. The fourth-order valence-electron chi connectivity index (χ4n) is 0.0556. The zero-order chi connectivity index (χ0) is 4.83. The van der Waals surface area contributed by atoms with Gasteiger partial charge >= 0.3 is 62.2 Å². The summed E-state index contributed by atoms with van der Waals surface area (Å²) in [4.78, 5) is 0. The van der Waals surface area contributed by atoms with Gasteiger partial charge in [-0.1, -0.05) is 0 Å². The van der Waals surface area contributed by atoms with Crippen molar-refractivity contribution in [2.75, 3.05) is 0 Å². The second-order valence-corrected chi connectivity index (χ2v) is 13.2. The van der Waals surface area contributed by atoms with Gasteiger partial charge in [0.05, 0.1) is 0 Å². The second kappa shape index (κ2) is 7.08. The summed E-state index contributed by atoms with van der Waals surface area (Å²) in [6.45, 7) is 0. The average molecular weight is 286 g/mol. The minimum atomic E-state index is 0.376. The third-order valence-corrected chi connectivity index (χ3v) is 16.0. The molecule has 0 rings (SSSR count). The molecule has 0 fully saturated rings. The van der Waals surface area contributed by atoms with Crippen LogP contribution in [0, 0.1) is 0 Å². The van der Waals surface area contributed by atoms with Gasteiger partial charge in [-0.3, -0.25) is 0 Å². The van der Waals surface area contributed by atoms with Crippen LogP contribution in [0.2, 0.25) is 10.6 Å². The van der Waals surface area contributed by atoms with E-state index in [2.05, 4.69) is 27.6 Å². The molecule has 0 aromatic rings. The van der Waals surface area contributed by atoms with Crippen LogP contribution in [0.15, 0.2) is 0 Å². The van der Waals surface area contributed by atoms with Gasteiger partial charge in [0, 0.05) is 0 Å². The predicted molar refractivity (Wildman–Crippen MR) is 26.9 cm³/mol. The van der Waals surface area contributed by atoms with E-state index in [-0.39, 0.29) is 0 Å². The second-order valence-electron chi connectivity index (χ2n) is 0.469. The molecular weight excluding hydrogens is 280 g/mol. The quantitative estimate of drug-likeness (QED) is 0.444. The molecule has 0 atom stereocenters. The maximum absolute atomic E-state index is 2.32. The van der Waals surface area contributed by atoms with Gasteiger partial charge in [0.25, 0.3) is 0 Å². The summed E-state index contributed by atoms with van der Waals surface area (Å²) in [6.07, 6.45) is 0. The van der Waals surface area contributed by atoms with Crippen LogP contribution in [-0.2, 0) is 34.6 Å². The van der Waals surface area contributed by atoms with Crippen LogP contribution in [0.4, 0.5) is 0 Å². The van der Waals surface area contributed by atoms with Crippen molar-refractivity contribution in [2.45, 2.75) is 10.6 Å². The Hall–Kier alpha value is 2.08. The van der Waals surface area contributed by atoms with Crippen molar-refractivity contribution in [2.24, 2.45) is 0 Å². The van der Waals surface area contributed by atoms with Crippen molar-refractivity contribution in [3.05, 3.63) is 0 Å². The van der Waals surface area contributed by atoms with E-state index in [9.17, 15) is 0 Å². The molecule has 0 amide bonds. The van der Waals surface area contributed by atoms with E-state index in [4.69, 9.17) is 0 Å². The predicted octanol–water partition coefficient (Wildman–Crippen LogP) is 2.46. The molecule has 0 aromatic heterocycles. The van der Waals surface area contributed by atoms with Crippen LogP contribution in [0.1, 0.15) is 0 Å².